The summed E-state index contributed by atoms with van der Waals surface area (Å²) < 4.78 is 18.7. The first-order valence-corrected chi connectivity index (χ1v) is 24.4. The van der Waals surface area contributed by atoms with Gasteiger partial charge in [-0.3, -0.25) is 29.4 Å². The van der Waals surface area contributed by atoms with Gasteiger partial charge in [-0.15, -0.1) is 11.8 Å². The number of anilines is 5. The smallest absolute Gasteiger partial charge is 0.255 e. The lowest BCUT2D eigenvalue weighted by molar-refractivity contribution is -0.137. The Kier molecular flexibility index (Phi) is 12.6. The van der Waals surface area contributed by atoms with E-state index in [-0.39, 0.29) is 24.1 Å². The van der Waals surface area contributed by atoms with Crippen LogP contribution in [0.4, 0.5) is 28.8 Å². The lowest BCUT2D eigenvalue weighted by Crippen LogP contribution is -2.54. The summed E-state index contributed by atoms with van der Waals surface area (Å²) in [6, 6.07) is 18.8. The number of rotatable bonds is 12. The van der Waals surface area contributed by atoms with Gasteiger partial charge in [-0.25, -0.2) is 4.98 Å². The molecular formula is C43H49ClN9O6PS. The van der Waals surface area contributed by atoms with Gasteiger partial charge in [-0.05, 0) is 80.6 Å². The quantitative estimate of drug-likeness (QED) is 0.0923. The summed E-state index contributed by atoms with van der Waals surface area (Å²) in [6.07, 6.45) is 4.08. The number of piperidine rings is 2. The Morgan fingerprint density at radius 3 is 2.46 bits per heavy atom. The average Bonchev–Trinajstić information content (AvgIpc) is 3.58. The second-order valence-electron chi connectivity index (χ2n) is 16.0. The summed E-state index contributed by atoms with van der Waals surface area (Å²) in [6.45, 7) is 8.60. The standard InChI is InChI=1S/C43H49ClN9O6PS/c1-59-36-23-29(8-11-33(36)47-43-45-24-32(44)40(49-43)46-34-6-4-5-7-37(34)60(2,3)58)50-16-14-28(15-17-50)51-18-20-52(21-19-51)39(55)26-61-30-9-10-31-27(22-30)25-53(42(31)57)35-12-13-38(54)48-41(35)56/h4-11,22-24,28,35H,12-21,25-26H2,1-3H3,(H,48,54,56)(H2,45,46,47,49). The average molecular weight is 886 g/mol. The van der Waals surface area contributed by atoms with E-state index >= 15 is 0 Å². The number of carbonyl (C=O) groups excluding carboxylic acids is 4. The molecule has 5 heterocycles. The Balaban J connectivity index is 0.800. The van der Waals surface area contributed by atoms with Gasteiger partial charge in [0.25, 0.3) is 5.91 Å². The topological polar surface area (TPSA) is 169 Å². The number of thioether (sulfide) groups is 1. The van der Waals surface area contributed by atoms with E-state index in [9.17, 15) is 23.7 Å². The van der Waals surface area contributed by atoms with Crippen LogP contribution in [0.3, 0.4) is 0 Å². The number of amides is 4. The van der Waals surface area contributed by atoms with Crippen LogP contribution in [0.25, 0.3) is 0 Å². The first kappa shape index (κ1) is 42.5. The molecule has 3 N–H and O–H groups in total. The van der Waals surface area contributed by atoms with E-state index in [2.05, 4.69) is 41.8 Å². The zero-order valence-electron chi connectivity index (χ0n) is 34.4. The molecule has 1 aromatic heterocycles. The van der Waals surface area contributed by atoms with Gasteiger partial charge in [0.2, 0.25) is 23.7 Å². The Morgan fingerprint density at radius 2 is 1.72 bits per heavy atom. The molecule has 4 aliphatic heterocycles. The number of imide groups is 1. The molecule has 18 heteroatoms. The van der Waals surface area contributed by atoms with Gasteiger partial charge in [0.15, 0.2) is 5.82 Å². The number of benzene rings is 3. The van der Waals surface area contributed by atoms with Crippen molar-refractivity contribution in [3.63, 3.8) is 0 Å². The van der Waals surface area contributed by atoms with E-state index in [0.717, 1.165) is 55.2 Å². The molecule has 0 radical (unpaired) electrons. The largest absolute Gasteiger partial charge is 0.494 e. The highest BCUT2D eigenvalue weighted by Gasteiger charge is 2.39. The highest BCUT2D eigenvalue weighted by Crippen LogP contribution is 2.39. The number of hydrogen-bond donors (Lipinski definition) is 3. The molecule has 4 amide bonds. The third kappa shape index (κ3) is 9.52. The molecule has 0 saturated carbocycles. The number of methoxy groups -OCH3 is 1. The third-order valence-electron chi connectivity index (χ3n) is 11.8. The van der Waals surface area contributed by atoms with Gasteiger partial charge in [0, 0.05) is 85.8 Å². The summed E-state index contributed by atoms with van der Waals surface area (Å²) >= 11 is 7.94. The number of halogens is 1. The Bertz CT molecular complexity index is 2400. The molecule has 3 aromatic carbocycles. The monoisotopic (exact) mass is 885 g/mol. The zero-order chi connectivity index (χ0) is 42.8. The maximum absolute atomic E-state index is 13.3. The maximum Gasteiger partial charge on any atom is 0.255 e. The lowest BCUT2D eigenvalue weighted by Gasteiger charge is -2.43. The van der Waals surface area contributed by atoms with Crippen molar-refractivity contribution in [1.82, 2.24) is 30.0 Å². The number of para-hydroxylation sites is 1. The predicted octanol–water partition coefficient (Wildman–Crippen LogP) is 5.54. The second-order valence-corrected chi connectivity index (χ2v) is 20.7. The highest BCUT2D eigenvalue weighted by molar-refractivity contribution is 8.00. The molecule has 0 bridgehead atoms. The van der Waals surface area contributed by atoms with Crippen LogP contribution in [0, 0.1) is 0 Å². The van der Waals surface area contributed by atoms with Gasteiger partial charge in [-0.1, -0.05) is 23.7 Å². The summed E-state index contributed by atoms with van der Waals surface area (Å²) in [7, 11) is -0.923. The Morgan fingerprint density at radius 1 is 0.951 bits per heavy atom. The molecule has 8 rings (SSSR count). The molecule has 320 valence electrons. The number of nitrogens with zero attached hydrogens (tertiary/aromatic N) is 6. The molecule has 1 atom stereocenters. The van der Waals surface area contributed by atoms with Crippen LogP contribution >= 0.6 is 30.5 Å². The third-order valence-corrected chi connectivity index (χ3v) is 14.6. The highest BCUT2D eigenvalue weighted by atomic mass is 35.5. The van der Waals surface area contributed by atoms with Crippen molar-refractivity contribution in [2.45, 2.75) is 49.2 Å². The summed E-state index contributed by atoms with van der Waals surface area (Å²) in [5.74, 6) is 0.831. The molecule has 61 heavy (non-hydrogen) atoms. The number of hydrogen-bond acceptors (Lipinski definition) is 13. The number of aromatic nitrogens is 2. The van der Waals surface area contributed by atoms with Crippen molar-refractivity contribution < 1.29 is 28.5 Å². The van der Waals surface area contributed by atoms with E-state index in [4.69, 9.17) is 16.3 Å². The molecule has 4 aliphatic rings. The SMILES string of the molecule is COc1cc(N2CCC(N3CCN(C(=O)CSc4ccc5c(c4)CN(C4CCC(=O)NC4=O)C5=O)CC3)CC2)ccc1Nc1ncc(Cl)c(Nc2ccccc2P(C)(C)=O)n1. The normalized spacial score (nSPS) is 18.9. The molecule has 0 aliphatic carbocycles. The van der Waals surface area contributed by atoms with Crippen LogP contribution in [0.1, 0.15) is 41.6 Å². The summed E-state index contributed by atoms with van der Waals surface area (Å²) in [4.78, 5) is 68.6. The zero-order valence-corrected chi connectivity index (χ0v) is 36.8. The lowest BCUT2D eigenvalue weighted by atomic mass is 10.0. The van der Waals surface area contributed by atoms with Crippen molar-refractivity contribution in [2.24, 2.45) is 0 Å². The molecule has 15 nitrogen and oxygen atoms in total. The molecule has 3 fully saturated rings. The predicted molar refractivity (Wildman–Crippen MR) is 239 cm³/mol. The van der Waals surface area contributed by atoms with E-state index in [1.54, 1.807) is 31.4 Å². The Hall–Kier alpha value is -5.15. The van der Waals surface area contributed by atoms with Crippen LogP contribution in [-0.2, 0) is 25.5 Å². The van der Waals surface area contributed by atoms with Crippen molar-refractivity contribution in [1.29, 1.82) is 0 Å². The number of fused-ring (bicyclic) bond motifs is 1. The molecular weight excluding hydrogens is 837 g/mol. The second kappa shape index (κ2) is 18.1. The van der Waals surface area contributed by atoms with Gasteiger partial charge in [-0.2, -0.15) is 4.98 Å². The molecule has 1 unspecified atom stereocenters. The summed E-state index contributed by atoms with van der Waals surface area (Å²) in [5, 5.41) is 9.88. The van der Waals surface area contributed by atoms with Crippen molar-refractivity contribution in [3.05, 3.63) is 83.0 Å². The number of carbonyl (C=O) groups is 4. The maximum atomic E-state index is 13.3. The van der Waals surface area contributed by atoms with Crippen LogP contribution in [0.15, 0.2) is 71.8 Å². The van der Waals surface area contributed by atoms with Gasteiger partial charge in [0.05, 0.1) is 30.4 Å². The van der Waals surface area contributed by atoms with Crippen LogP contribution in [-0.4, -0.2) is 126 Å². The van der Waals surface area contributed by atoms with Crippen LogP contribution in [0.5, 0.6) is 5.75 Å². The number of ether oxygens (including phenoxy) is 1. The fourth-order valence-corrected chi connectivity index (χ4v) is 10.7. The minimum Gasteiger partial charge on any atom is -0.494 e. The van der Waals surface area contributed by atoms with E-state index in [0.29, 0.717) is 82.6 Å². The molecule has 4 aromatic rings. The summed E-state index contributed by atoms with van der Waals surface area (Å²) in [5.41, 5.74) is 3.84. The minimum atomic E-state index is -2.56. The fourth-order valence-electron chi connectivity index (χ4n) is 8.49. The number of piperazine rings is 1. The van der Waals surface area contributed by atoms with Crippen LogP contribution < -0.4 is 30.9 Å². The number of nitrogens with one attached hydrogen (secondary N) is 3. The van der Waals surface area contributed by atoms with Crippen molar-refractivity contribution in [2.75, 3.05) is 81.0 Å². The molecule has 0 spiro atoms. The molecule has 3 saturated heterocycles. The van der Waals surface area contributed by atoms with Crippen molar-refractivity contribution in [3.8, 4) is 5.75 Å². The first-order valence-electron chi connectivity index (χ1n) is 20.4. The first-order chi connectivity index (χ1) is 29.3. The van der Waals surface area contributed by atoms with Crippen LogP contribution in [0.2, 0.25) is 5.02 Å². The Labute approximate surface area is 364 Å². The van der Waals surface area contributed by atoms with Gasteiger partial charge in [0.1, 0.15) is 24.0 Å². The van der Waals surface area contributed by atoms with Gasteiger partial charge >= 0.3 is 0 Å². The van der Waals surface area contributed by atoms with E-state index in [1.165, 1.54) is 18.0 Å². The van der Waals surface area contributed by atoms with E-state index in [1.807, 2.05) is 53.4 Å². The fraction of sp³-hybridized carbons (Fsp3) is 0.395. The van der Waals surface area contributed by atoms with Gasteiger partial charge < -0.3 is 34.6 Å². The van der Waals surface area contributed by atoms with E-state index < -0.39 is 19.1 Å². The van der Waals surface area contributed by atoms with Crippen molar-refractivity contribution >= 4 is 88.3 Å². The minimum absolute atomic E-state index is 0.0969.